The zero-order chi connectivity index (χ0) is 18.0. The third-order valence-corrected chi connectivity index (χ3v) is 4.03. The van der Waals surface area contributed by atoms with Crippen molar-refractivity contribution in [2.75, 3.05) is 0 Å². The van der Waals surface area contributed by atoms with Crippen LogP contribution in [-0.2, 0) is 7.05 Å². The van der Waals surface area contributed by atoms with Crippen LogP contribution in [0.1, 0.15) is 36.1 Å². The van der Waals surface area contributed by atoms with E-state index in [1.165, 1.54) is 12.3 Å². The van der Waals surface area contributed by atoms with E-state index in [1.54, 1.807) is 24.4 Å². The van der Waals surface area contributed by atoms with Crippen LogP contribution in [0.4, 0.5) is 0 Å². The highest BCUT2D eigenvalue weighted by molar-refractivity contribution is 5.94. The zero-order valence-corrected chi connectivity index (χ0v) is 14.3. The number of amides is 1. The number of aromatic nitrogens is 3. The summed E-state index contributed by atoms with van der Waals surface area (Å²) in [6, 6.07) is 6.33. The van der Waals surface area contributed by atoms with Crippen LogP contribution in [0.2, 0.25) is 0 Å². The lowest BCUT2D eigenvalue weighted by atomic mass is 10.0. The van der Waals surface area contributed by atoms with Crippen LogP contribution in [0.3, 0.4) is 0 Å². The number of aryl methyl sites for hydroxylation is 1. The molecule has 0 saturated carbocycles. The van der Waals surface area contributed by atoms with E-state index < -0.39 is 11.5 Å². The summed E-state index contributed by atoms with van der Waals surface area (Å²) in [5.74, 6) is 0.963. The van der Waals surface area contributed by atoms with Crippen LogP contribution in [0.25, 0.3) is 11.5 Å². The van der Waals surface area contributed by atoms with Crippen molar-refractivity contribution in [2.24, 2.45) is 13.0 Å². The van der Waals surface area contributed by atoms with Crippen LogP contribution < -0.4 is 10.9 Å². The first-order valence-corrected chi connectivity index (χ1v) is 8.02. The third kappa shape index (κ3) is 3.40. The predicted octanol–water partition coefficient (Wildman–Crippen LogP) is 2.50. The predicted molar refractivity (Wildman–Crippen MR) is 93.0 cm³/mol. The Morgan fingerprint density at radius 2 is 2.12 bits per heavy atom. The summed E-state index contributed by atoms with van der Waals surface area (Å²) in [7, 11) is 1.87. The van der Waals surface area contributed by atoms with Gasteiger partial charge in [0.1, 0.15) is 17.1 Å². The number of hydrogen-bond donors (Lipinski definition) is 2. The van der Waals surface area contributed by atoms with E-state index in [9.17, 15) is 9.59 Å². The van der Waals surface area contributed by atoms with Gasteiger partial charge in [0.25, 0.3) is 11.5 Å². The Morgan fingerprint density at radius 1 is 1.32 bits per heavy atom. The maximum atomic E-state index is 12.6. The number of rotatable bonds is 5. The van der Waals surface area contributed by atoms with Gasteiger partial charge in [0.2, 0.25) is 0 Å². The minimum atomic E-state index is -0.464. The van der Waals surface area contributed by atoms with Crippen molar-refractivity contribution in [3.8, 4) is 11.5 Å². The van der Waals surface area contributed by atoms with Gasteiger partial charge < -0.3 is 19.3 Å². The highest BCUT2D eigenvalue weighted by atomic mass is 16.3. The van der Waals surface area contributed by atoms with E-state index in [-0.39, 0.29) is 17.5 Å². The molecule has 1 atom stereocenters. The van der Waals surface area contributed by atoms with Crippen LogP contribution in [0.5, 0.6) is 0 Å². The number of nitrogens with zero attached hydrogens (tertiary/aromatic N) is 2. The molecule has 3 rings (SSSR count). The lowest BCUT2D eigenvalue weighted by molar-refractivity contribution is 0.0921. The molecule has 0 aliphatic carbocycles. The first kappa shape index (κ1) is 16.8. The van der Waals surface area contributed by atoms with Crippen LogP contribution in [0, 0.1) is 5.92 Å². The molecule has 0 aliphatic heterocycles. The monoisotopic (exact) mass is 340 g/mol. The number of hydrogen-bond acceptors (Lipinski definition) is 4. The van der Waals surface area contributed by atoms with E-state index in [4.69, 9.17) is 4.42 Å². The third-order valence-electron chi connectivity index (χ3n) is 4.03. The Hall–Kier alpha value is -3.09. The number of H-pyrrole nitrogens is 1. The number of imidazole rings is 1. The molecule has 0 unspecified atom stereocenters. The molecule has 0 aromatic carbocycles. The molecule has 0 spiro atoms. The summed E-state index contributed by atoms with van der Waals surface area (Å²) < 4.78 is 7.11. The Bertz CT molecular complexity index is 922. The topological polar surface area (TPSA) is 92.9 Å². The fourth-order valence-electron chi connectivity index (χ4n) is 2.65. The molecule has 3 heterocycles. The number of aromatic amines is 1. The molecular formula is C18H20N4O3. The molecule has 25 heavy (non-hydrogen) atoms. The average molecular weight is 340 g/mol. The van der Waals surface area contributed by atoms with Crippen molar-refractivity contribution in [3.05, 3.63) is 64.7 Å². The van der Waals surface area contributed by atoms with Crippen LogP contribution in [0.15, 0.2) is 52.1 Å². The minimum Gasteiger partial charge on any atom is -0.463 e. The van der Waals surface area contributed by atoms with Gasteiger partial charge in [0.15, 0.2) is 0 Å². The molecule has 7 heteroatoms. The summed E-state index contributed by atoms with van der Waals surface area (Å²) in [6.45, 7) is 3.98. The maximum Gasteiger partial charge on any atom is 0.261 e. The Morgan fingerprint density at radius 3 is 2.68 bits per heavy atom. The Kier molecular flexibility index (Phi) is 4.56. The van der Waals surface area contributed by atoms with Crippen molar-refractivity contribution in [3.63, 3.8) is 0 Å². The molecule has 3 aromatic rings. The molecule has 7 nitrogen and oxygen atoms in total. The highest BCUT2D eigenvalue weighted by Crippen LogP contribution is 2.20. The van der Waals surface area contributed by atoms with E-state index in [0.717, 1.165) is 5.82 Å². The van der Waals surface area contributed by atoms with Gasteiger partial charge in [-0.15, -0.1) is 0 Å². The molecule has 0 bridgehead atoms. The van der Waals surface area contributed by atoms with Crippen molar-refractivity contribution in [2.45, 2.75) is 19.9 Å². The van der Waals surface area contributed by atoms with Gasteiger partial charge in [0, 0.05) is 19.4 Å². The summed E-state index contributed by atoms with van der Waals surface area (Å²) in [5.41, 5.74) is 0.111. The van der Waals surface area contributed by atoms with E-state index in [1.807, 2.05) is 31.7 Å². The van der Waals surface area contributed by atoms with E-state index in [0.29, 0.717) is 11.5 Å². The van der Waals surface area contributed by atoms with Gasteiger partial charge in [0.05, 0.1) is 18.0 Å². The fourth-order valence-corrected chi connectivity index (χ4v) is 2.65. The molecular weight excluding hydrogens is 320 g/mol. The van der Waals surface area contributed by atoms with Gasteiger partial charge in [-0.2, -0.15) is 0 Å². The number of carbonyl (C=O) groups is 1. The minimum absolute atomic E-state index is 0.0511. The number of carbonyl (C=O) groups excluding carboxylic acids is 1. The molecule has 0 radical (unpaired) electrons. The smallest absolute Gasteiger partial charge is 0.261 e. The summed E-state index contributed by atoms with van der Waals surface area (Å²) in [5, 5.41) is 2.91. The summed E-state index contributed by atoms with van der Waals surface area (Å²) in [4.78, 5) is 31.9. The first-order valence-electron chi connectivity index (χ1n) is 8.02. The summed E-state index contributed by atoms with van der Waals surface area (Å²) in [6.07, 6.45) is 5.03. The number of nitrogens with one attached hydrogen (secondary N) is 2. The second kappa shape index (κ2) is 6.80. The molecule has 0 aliphatic rings. The zero-order valence-electron chi connectivity index (χ0n) is 14.3. The molecule has 3 aromatic heterocycles. The molecule has 2 N–H and O–H groups in total. The van der Waals surface area contributed by atoms with Gasteiger partial charge in [-0.1, -0.05) is 13.8 Å². The largest absolute Gasteiger partial charge is 0.463 e. The van der Waals surface area contributed by atoms with Crippen LogP contribution >= 0.6 is 0 Å². The van der Waals surface area contributed by atoms with Gasteiger partial charge in [-0.3, -0.25) is 9.59 Å². The molecule has 0 fully saturated rings. The van der Waals surface area contributed by atoms with E-state index in [2.05, 4.69) is 15.3 Å². The Balaban J connectivity index is 1.85. The van der Waals surface area contributed by atoms with Gasteiger partial charge in [-0.05, 0) is 30.2 Å². The highest BCUT2D eigenvalue weighted by Gasteiger charge is 2.23. The molecule has 130 valence electrons. The molecule has 0 saturated heterocycles. The second-order valence-electron chi connectivity index (χ2n) is 6.18. The first-order chi connectivity index (χ1) is 12.0. The van der Waals surface area contributed by atoms with Gasteiger partial charge >= 0.3 is 0 Å². The number of pyridine rings is 1. The van der Waals surface area contributed by atoms with E-state index >= 15 is 0 Å². The van der Waals surface area contributed by atoms with Gasteiger partial charge in [-0.25, -0.2) is 4.98 Å². The SMILES string of the molecule is CC(C)[C@H](NC(=O)c1ccc(-c2ccco2)[nH]c1=O)c1nccn1C. The van der Waals surface area contributed by atoms with Crippen molar-refractivity contribution in [1.82, 2.24) is 19.9 Å². The fraction of sp³-hybridized carbons (Fsp3) is 0.278. The standard InChI is InChI=1S/C18H20N4O3/c1-11(2)15(16-19-8-9-22(16)3)21-18(24)12-6-7-13(20-17(12)23)14-5-4-10-25-14/h4-11,15H,1-3H3,(H,20,23)(H,21,24)/t15-/m0/s1. The lowest BCUT2D eigenvalue weighted by Gasteiger charge is -2.22. The number of furan rings is 1. The summed E-state index contributed by atoms with van der Waals surface area (Å²) >= 11 is 0. The van der Waals surface area contributed by atoms with Crippen molar-refractivity contribution in [1.29, 1.82) is 0 Å². The molecule has 1 amide bonds. The average Bonchev–Trinajstić information content (AvgIpc) is 3.23. The van der Waals surface area contributed by atoms with Crippen molar-refractivity contribution < 1.29 is 9.21 Å². The second-order valence-corrected chi connectivity index (χ2v) is 6.18. The quantitative estimate of drug-likeness (QED) is 0.746. The van der Waals surface area contributed by atoms with Crippen molar-refractivity contribution >= 4 is 5.91 Å². The van der Waals surface area contributed by atoms with Crippen LogP contribution in [-0.4, -0.2) is 20.4 Å². The Labute approximate surface area is 144 Å². The lowest BCUT2D eigenvalue weighted by Crippen LogP contribution is -2.36. The maximum absolute atomic E-state index is 12.6. The normalized spacial score (nSPS) is 12.3.